The number of H-pyrrole nitrogens is 1. The van der Waals surface area contributed by atoms with E-state index in [2.05, 4.69) is 25.3 Å². The monoisotopic (exact) mass is 340 g/mol. The van der Waals surface area contributed by atoms with E-state index in [0.717, 1.165) is 12.0 Å². The van der Waals surface area contributed by atoms with Gasteiger partial charge in [0.05, 0.1) is 12.9 Å². The Morgan fingerprint density at radius 1 is 1.40 bits per heavy atom. The summed E-state index contributed by atoms with van der Waals surface area (Å²) in [5.41, 5.74) is 2.18. The number of imidazole rings is 1. The van der Waals surface area contributed by atoms with Crippen LogP contribution in [0.4, 0.5) is 10.2 Å². The van der Waals surface area contributed by atoms with Crippen LogP contribution in [0, 0.1) is 5.82 Å². The molecule has 0 unspecified atom stereocenters. The number of halogens is 1. The fraction of sp³-hybridized carbons (Fsp3) is 0.294. The quantitative estimate of drug-likeness (QED) is 0.737. The van der Waals surface area contributed by atoms with Crippen molar-refractivity contribution in [1.29, 1.82) is 0 Å². The Kier molecular flexibility index (Phi) is 3.79. The van der Waals surface area contributed by atoms with Gasteiger partial charge in [-0.15, -0.1) is 0 Å². The van der Waals surface area contributed by atoms with Crippen molar-refractivity contribution in [2.45, 2.75) is 18.4 Å². The predicted molar refractivity (Wildman–Crippen MR) is 90.6 cm³/mol. The Balaban J connectivity index is 1.37. The van der Waals surface area contributed by atoms with Crippen LogP contribution >= 0.6 is 0 Å². The van der Waals surface area contributed by atoms with E-state index in [9.17, 15) is 9.18 Å². The van der Waals surface area contributed by atoms with Crippen molar-refractivity contribution in [3.63, 3.8) is 0 Å². The van der Waals surface area contributed by atoms with Crippen molar-refractivity contribution >= 4 is 22.9 Å². The van der Waals surface area contributed by atoms with E-state index < -0.39 is 0 Å². The largest absolute Gasteiger partial charge is 0.351 e. The molecule has 1 amide bonds. The summed E-state index contributed by atoms with van der Waals surface area (Å²) in [6, 6.07) is 6.59. The number of nitrogens with zero attached hydrogens (tertiary/aromatic N) is 4. The molecule has 1 aliphatic carbocycles. The maximum absolute atomic E-state index is 13.3. The number of hydrogen-bond acceptors (Lipinski definition) is 5. The molecule has 2 aromatic heterocycles. The van der Waals surface area contributed by atoms with Crippen LogP contribution in [-0.4, -0.2) is 45.5 Å². The van der Waals surface area contributed by atoms with E-state index in [1.807, 2.05) is 6.07 Å². The molecule has 1 fully saturated rings. The van der Waals surface area contributed by atoms with Gasteiger partial charge in [-0.1, -0.05) is 12.1 Å². The van der Waals surface area contributed by atoms with Crippen LogP contribution in [0.5, 0.6) is 0 Å². The summed E-state index contributed by atoms with van der Waals surface area (Å²) in [6.07, 6.45) is 3.80. The molecule has 0 saturated heterocycles. The number of aromatic nitrogens is 4. The predicted octanol–water partition coefficient (Wildman–Crippen LogP) is 1.60. The molecule has 2 heterocycles. The van der Waals surface area contributed by atoms with Crippen molar-refractivity contribution in [3.05, 3.63) is 48.3 Å². The zero-order valence-corrected chi connectivity index (χ0v) is 13.6. The topological polar surface area (TPSA) is 86.8 Å². The first kappa shape index (κ1) is 15.5. The molecule has 1 aliphatic rings. The minimum Gasteiger partial charge on any atom is -0.351 e. The molecule has 25 heavy (non-hydrogen) atoms. The van der Waals surface area contributed by atoms with Gasteiger partial charge in [-0.05, 0) is 24.1 Å². The Morgan fingerprint density at radius 3 is 3.12 bits per heavy atom. The minimum absolute atomic E-state index is 0.0558. The maximum Gasteiger partial charge on any atom is 0.239 e. The van der Waals surface area contributed by atoms with Gasteiger partial charge in [0.25, 0.3) is 0 Å². The number of carbonyl (C=O) groups excluding carboxylic acids is 1. The number of likely N-dealkylation sites (N-methyl/N-ethyl adjacent to an activating group) is 1. The van der Waals surface area contributed by atoms with Crippen LogP contribution in [-0.2, 0) is 4.79 Å². The highest BCUT2D eigenvalue weighted by molar-refractivity contribution is 5.87. The number of anilines is 1. The second kappa shape index (κ2) is 6.12. The number of rotatable bonds is 5. The fourth-order valence-corrected chi connectivity index (χ4v) is 3.04. The molecule has 4 rings (SSSR count). The smallest absolute Gasteiger partial charge is 0.239 e. The normalized spacial score (nSPS) is 19.0. The number of nitrogens with one attached hydrogen (secondary N) is 2. The summed E-state index contributed by atoms with van der Waals surface area (Å²) >= 11 is 0. The number of carbonyl (C=O) groups is 1. The molecule has 2 atom stereocenters. The second-order valence-electron chi connectivity index (χ2n) is 6.23. The summed E-state index contributed by atoms with van der Waals surface area (Å²) < 4.78 is 13.3. The summed E-state index contributed by atoms with van der Waals surface area (Å²) in [5, 5.41) is 2.99. The molecule has 0 radical (unpaired) electrons. The molecule has 0 aliphatic heterocycles. The lowest BCUT2D eigenvalue weighted by Gasteiger charge is -2.17. The van der Waals surface area contributed by atoms with Gasteiger partial charge in [0, 0.05) is 19.0 Å². The number of benzene rings is 1. The second-order valence-corrected chi connectivity index (χ2v) is 6.23. The first-order valence-electron chi connectivity index (χ1n) is 8.02. The average Bonchev–Trinajstić information content (AvgIpc) is 3.17. The molecule has 1 saturated carbocycles. The van der Waals surface area contributed by atoms with Gasteiger partial charge >= 0.3 is 0 Å². The summed E-state index contributed by atoms with van der Waals surface area (Å²) in [4.78, 5) is 29.4. The van der Waals surface area contributed by atoms with Crippen LogP contribution in [0.2, 0.25) is 0 Å². The number of aromatic amines is 1. The third-order valence-electron chi connectivity index (χ3n) is 4.36. The molecule has 0 spiro atoms. The molecular weight excluding hydrogens is 323 g/mol. The zero-order chi connectivity index (χ0) is 17.4. The van der Waals surface area contributed by atoms with Crippen LogP contribution < -0.4 is 10.2 Å². The van der Waals surface area contributed by atoms with Crippen LogP contribution in [0.3, 0.4) is 0 Å². The Hall–Kier alpha value is -3.03. The van der Waals surface area contributed by atoms with Crippen LogP contribution in [0.15, 0.2) is 36.9 Å². The summed E-state index contributed by atoms with van der Waals surface area (Å²) in [5.74, 6) is 0.456. The van der Waals surface area contributed by atoms with Crippen LogP contribution in [0.1, 0.15) is 17.9 Å². The van der Waals surface area contributed by atoms with Crippen molar-refractivity contribution in [2.75, 3.05) is 18.5 Å². The lowest BCUT2D eigenvalue weighted by atomic mass is 10.1. The average molecular weight is 340 g/mol. The van der Waals surface area contributed by atoms with Gasteiger partial charge in [0.2, 0.25) is 5.91 Å². The van der Waals surface area contributed by atoms with E-state index in [0.29, 0.717) is 17.0 Å². The Bertz CT molecular complexity index is 926. The molecule has 7 nitrogen and oxygen atoms in total. The third-order valence-corrected chi connectivity index (χ3v) is 4.36. The van der Waals surface area contributed by atoms with Gasteiger partial charge < -0.3 is 15.2 Å². The highest BCUT2D eigenvalue weighted by Crippen LogP contribution is 2.40. The van der Waals surface area contributed by atoms with Gasteiger partial charge in [-0.2, -0.15) is 0 Å². The van der Waals surface area contributed by atoms with Crippen molar-refractivity contribution < 1.29 is 9.18 Å². The molecule has 0 bridgehead atoms. The molecule has 2 N–H and O–H groups in total. The molecule has 8 heteroatoms. The van der Waals surface area contributed by atoms with E-state index in [-0.39, 0.29) is 30.2 Å². The van der Waals surface area contributed by atoms with Gasteiger partial charge in [-0.3, -0.25) is 4.79 Å². The first-order chi connectivity index (χ1) is 12.1. The van der Waals surface area contributed by atoms with Gasteiger partial charge in [0.1, 0.15) is 17.7 Å². The van der Waals surface area contributed by atoms with E-state index >= 15 is 0 Å². The van der Waals surface area contributed by atoms with Crippen molar-refractivity contribution in [3.8, 4) is 0 Å². The lowest BCUT2D eigenvalue weighted by molar-refractivity contribution is -0.119. The van der Waals surface area contributed by atoms with E-state index in [1.165, 1.54) is 18.5 Å². The maximum atomic E-state index is 13.3. The van der Waals surface area contributed by atoms with Gasteiger partial charge in [-0.25, -0.2) is 19.3 Å². The van der Waals surface area contributed by atoms with E-state index in [1.54, 1.807) is 24.3 Å². The number of fused-ring (bicyclic) bond motifs is 1. The molecule has 128 valence electrons. The SMILES string of the molecule is CN(CC(=O)N[C@H]1C[C@H]1c1cccc(F)c1)c1ncnc2nc[nH]c12. The summed E-state index contributed by atoms with van der Waals surface area (Å²) in [6.45, 7) is 0.164. The Labute approximate surface area is 143 Å². The highest BCUT2D eigenvalue weighted by atomic mass is 19.1. The fourth-order valence-electron chi connectivity index (χ4n) is 3.04. The van der Waals surface area contributed by atoms with Crippen molar-refractivity contribution in [1.82, 2.24) is 25.3 Å². The van der Waals surface area contributed by atoms with Crippen molar-refractivity contribution in [2.24, 2.45) is 0 Å². The number of hydrogen-bond donors (Lipinski definition) is 2. The lowest BCUT2D eigenvalue weighted by Crippen LogP contribution is -2.37. The molecule has 3 aromatic rings. The Morgan fingerprint density at radius 2 is 2.28 bits per heavy atom. The molecule has 1 aromatic carbocycles. The molecular formula is C17H17FN6O. The van der Waals surface area contributed by atoms with Crippen LogP contribution in [0.25, 0.3) is 11.2 Å². The summed E-state index contributed by atoms with van der Waals surface area (Å²) in [7, 11) is 1.79. The first-order valence-corrected chi connectivity index (χ1v) is 8.02. The van der Waals surface area contributed by atoms with Gasteiger partial charge in [0.15, 0.2) is 11.5 Å². The number of amides is 1. The minimum atomic E-state index is -0.249. The van der Waals surface area contributed by atoms with E-state index in [4.69, 9.17) is 0 Å². The highest BCUT2D eigenvalue weighted by Gasteiger charge is 2.39. The third kappa shape index (κ3) is 3.15. The standard InChI is InChI=1S/C17H17FN6O/c1-24(17-15-16(20-8-19-15)21-9-22-17)7-14(25)23-13-6-12(13)10-3-2-4-11(18)5-10/h2-5,8-9,12-13H,6-7H2,1H3,(H,23,25)(H,19,20,21,22)/t12-,13-/m0/s1. The zero-order valence-electron chi connectivity index (χ0n) is 13.6.